The van der Waals surface area contributed by atoms with Gasteiger partial charge in [0.25, 0.3) is 5.91 Å². The lowest BCUT2D eigenvalue weighted by molar-refractivity contribution is -0.121. The molecule has 1 aromatic heterocycles. The minimum absolute atomic E-state index is 0.117. The molecule has 0 aliphatic heterocycles. The Morgan fingerprint density at radius 1 is 1.10 bits per heavy atom. The van der Waals surface area contributed by atoms with Gasteiger partial charge >= 0.3 is 0 Å². The number of ether oxygens (including phenoxy) is 1. The SMILES string of the molecule is CCOCCCNC(=O)Cn1c(CNC(=O)c2ccccc2Cl)nc2ccccc21. The maximum absolute atomic E-state index is 12.5. The van der Waals surface area contributed by atoms with E-state index in [4.69, 9.17) is 16.3 Å². The van der Waals surface area contributed by atoms with Crippen molar-refractivity contribution in [2.45, 2.75) is 26.4 Å². The topological polar surface area (TPSA) is 85.2 Å². The van der Waals surface area contributed by atoms with Gasteiger partial charge in [-0.15, -0.1) is 0 Å². The van der Waals surface area contributed by atoms with E-state index in [1.54, 1.807) is 24.3 Å². The Bertz CT molecular complexity index is 1020. The average Bonchev–Trinajstić information content (AvgIpc) is 3.09. The number of amides is 2. The number of halogens is 1. The molecule has 1 heterocycles. The number of hydrogen-bond donors (Lipinski definition) is 2. The number of carbonyl (C=O) groups excluding carboxylic acids is 2. The third-order valence-electron chi connectivity index (χ3n) is 4.55. The van der Waals surface area contributed by atoms with Crippen molar-refractivity contribution in [3.63, 3.8) is 0 Å². The van der Waals surface area contributed by atoms with E-state index in [1.165, 1.54) is 0 Å². The lowest BCUT2D eigenvalue weighted by Gasteiger charge is -2.11. The number of aromatic nitrogens is 2. The largest absolute Gasteiger partial charge is 0.382 e. The van der Waals surface area contributed by atoms with Crippen LogP contribution in [0.5, 0.6) is 0 Å². The van der Waals surface area contributed by atoms with Crippen molar-refractivity contribution in [3.8, 4) is 0 Å². The zero-order valence-electron chi connectivity index (χ0n) is 16.9. The van der Waals surface area contributed by atoms with Gasteiger partial charge in [-0.1, -0.05) is 35.9 Å². The maximum Gasteiger partial charge on any atom is 0.253 e. The molecule has 0 saturated carbocycles. The first-order valence-electron chi connectivity index (χ1n) is 9.91. The van der Waals surface area contributed by atoms with Crippen LogP contribution in [0.1, 0.15) is 29.5 Å². The van der Waals surface area contributed by atoms with Gasteiger partial charge in [0.05, 0.1) is 28.2 Å². The summed E-state index contributed by atoms with van der Waals surface area (Å²) in [6.07, 6.45) is 0.755. The van der Waals surface area contributed by atoms with Gasteiger partial charge in [0, 0.05) is 19.8 Å². The Balaban J connectivity index is 1.69. The maximum atomic E-state index is 12.5. The monoisotopic (exact) mass is 428 g/mol. The van der Waals surface area contributed by atoms with Crippen molar-refractivity contribution in [1.29, 1.82) is 0 Å². The fourth-order valence-corrected chi connectivity index (χ4v) is 3.30. The second-order valence-electron chi connectivity index (χ2n) is 6.67. The summed E-state index contributed by atoms with van der Waals surface area (Å²) in [6.45, 7) is 4.06. The summed E-state index contributed by atoms with van der Waals surface area (Å²) in [5.41, 5.74) is 2.00. The molecule has 0 atom stereocenters. The molecule has 0 spiro atoms. The molecule has 0 aliphatic rings. The molecule has 0 fully saturated rings. The third kappa shape index (κ3) is 5.58. The molecule has 2 aromatic carbocycles. The van der Waals surface area contributed by atoms with Crippen molar-refractivity contribution in [2.24, 2.45) is 0 Å². The smallest absolute Gasteiger partial charge is 0.253 e. The Labute approximate surface area is 180 Å². The van der Waals surface area contributed by atoms with E-state index in [1.807, 2.05) is 35.8 Å². The summed E-state index contributed by atoms with van der Waals surface area (Å²) >= 11 is 6.10. The van der Waals surface area contributed by atoms with Gasteiger partial charge in [-0.3, -0.25) is 9.59 Å². The summed E-state index contributed by atoms with van der Waals surface area (Å²) in [6, 6.07) is 14.4. The van der Waals surface area contributed by atoms with Crippen molar-refractivity contribution in [3.05, 3.63) is 64.9 Å². The highest BCUT2D eigenvalue weighted by Crippen LogP contribution is 2.17. The standard InChI is InChI=1S/C22H25ClN4O3/c1-2-30-13-7-12-24-21(28)15-27-19-11-6-5-10-18(19)26-20(27)14-25-22(29)16-8-3-4-9-17(16)23/h3-6,8-11H,2,7,12-15H2,1H3,(H,24,28)(H,25,29). The first-order chi connectivity index (χ1) is 14.6. The molecule has 158 valence electrons. The molecule has 3 aromatic rings. The van der Waals surface area contributed by atoms with E-state index in [0.717, 1.165) is 17.5 Å². The minimum atomic E-state index is -0.292. The average molecular weight is 429 g/mol. The molecule has 3 rings (SSSR count). The number of para-hydroxylation sites is 2. The zero-order chi connectivity index (χ0) is 21.3. The van der Waals surface area contributed by atoms with E-state index in [9.17, 15) is 9.59 Å². The van der Waals surface area contributed by atoms with Crippen LogP contribution in [0, 0.1) is 0 Å². The van der Waals surface area contributed by atoms with Gasteiger partial charge in [0.2, 0.25) is 5.91 Å². The fraction of sp³-hybridized carbons (Fsp3) is 0.318. The molecule has 7 nitrogen and oxygen atoms in total. The lowest BCUT2D eigenvalue weighted by atomic mass is 10.2. The molecule has 2 N–H and O–H groups in total. The number of nitrogens with one attached hydrogen (secondary N) is 2. The quantitative estimate of drug-likeness (QED) is 0.486. The van der Waals surface area contributed by atoms with Gasteiger partial charge in [0.1, 0.15) is 12.4 Å². The lowest BCUT2D eigenvalue weighted by Crippen LogP contribution is -2.31. The number of hydrogen-bond acceptors (Lipinski definition) is 4. The van der Waals surface area contributed by atoms with Gasteiger partial charge in [0.15, 0.2) is 0 Å². The Hall–Kier alpha value is -2.90. The molecule has 0 saturated heterocycles. The zero-order valence-corrected chi connectivity index (χ0v) is 17.6. The highest BCUT2D eigenvalue weighted by Gasteiger charge is 2.15. The van der Waals surface area contributed by atoms with E-state index < -0.39 is 0 Å². The van der Waals surface area contributed by atoms with Crippen LogP contribution in [0.2, 0.25) is 5.02 Å². The van der Waals surface area contributed by atoms with Crippen LogP contribution in [0.4, 0.5) is 0 Å². The van der Waals surface area contributed by atoms with Crippen molar-refractivity contribution >= 4 is 34.4 Å². The van der Waals surface area contributed by atoms with Crippen LogP contribution in [0.3, 0.4) is 0 Å². The van der Waals surface area contributed by atoms with Crippen LogP contribution in [0.25, 0.3) is 11.0 Å². The van der Waals surface area contributed by atoms with Crippen molar-refractivity contribution in [1.82, 2.24) is 20.2 Å². The third-order valence-corrected chi connectivity index (χ3v) is 4.88. The number of imidazole rings is 1. The van der Waals surface area contributed by atoms with Gasteiger partial charge in [-0.05, 0) is 37.6 Å². The molecular weight excluding hydrogens is 404 g/mol. The first-order valence-corrected chi connectivity index (χ1v) is 10.3. The second-order valence-corrected chi connectivity index (χ2v) is 7.07. The highest BCUT2D eigenvalue weighted by atomic mass is 35.5. The number of benzene rings is 2. The Kier molecular flexibility index (Phi) is 7.82. The predicted octanol–water partition coefficient (Wildman–Crippen LogP) is 3.16. The number of carbonyl (C=O) groups is 2. The molecule has 8 heteroatoms. The predicted molar refractivity (Wildman–Crippen MR) is 116 cm³/mol. The molecule has 30 heavy (non-hydrogen) atoms. The van der Waals surface area contributed by atoms with E-state index in [-0.39, 0.29) is 24.9 Å². The number of fused-ring (bicyclic) bond motifs is 1. The molecule has 0 radical (unpaired) electrons. The van der Waals surface area contributed by atoms with Gasteiger partial charge in [-0.25, -0.2) is 4.98 Å². The minimum Gasteiger partial charge on any atom is -0.382 e. The van der Waals surface area contributed by atoms with Crippen LogP contribution in [-0.4, -0.2) is 41.1 Å². The number of rotatable bonds is 10. The molecule has 2 amide bonds. The molecule has 0 aliphatic carbocycles. The molecular formula is C22H25ClN4O3. The number of nitrogens with zero attached hydrogens (tertiary/aromatic N) is 2. The first kappa shape index (κ1) is 21.8. The fourth-order valence-electron chi connectivity index (χ4n) is 3.08. The summed E-state index contributed by atoms with van der Waals surface area (Å²) in [5.74, 6) is 0.189. The molecule has 0 bridgehead atoms. The summed E-state index contributed by atoms with van der Waals surface area (Å²) in [5, 5.41) is 6.12. The van der Waals surface area contributed by atoms with Crippen LogP contribution in [-0.2, 0) is 22.6 Å². The molecule has 0 unspecified atom stereocenters. The van der Waals surface area contributed by atoms with Gasteiger partial charge < -0.3 is 19.9 Å². The Morgan fingerprint density at radius 3 is 2.67 bits per heavy atom. The van der Waals surface area contributed by atoms with Crippen molar-refractivity contribution < 1.29 is 14.3 Å². The Morgan fingerprint density at radius 2 is 1.87 bits per heavy atom. The second kappa shape index (κ2) is 10.8. The summed E-state index contributed by atoms with van der Waals surface area (Å²) < 4.78 is 7.10. The van der Waals surface area contributed by atoms with Crippen LogP contribution < -0.4 is 10.6 Å². The summed E-state index contributed by atoms with van der Waals surface area (Å²) in [4.78, 5) is 29.5. The van der Waals surface area contributed by atoms with Gasteiger partial charge in [-0.2, -0.15) is 0 Å². The van der Waals surface area contributed by atoms with Crippen molar-refractivity contribution in [2.75, 3.05) is 19.8 Å². The van der Waals surface area contributed by atoms with Crippen LogP contribution in [0.15, 0.2) is 48.5 Å². The van der Waals surface area contributed by atoms with Crippen LogP contribution >= 0.6 is 11.6 Å². The highest BCUT2D eigenvalue weighted by molar-refractivity contribution is 6.33. The normalized spacial score (nSPS) is 10.9. The van der Waals surface area contributed by atoms with E-state index in [0.29, 0.717) is 36.2 Å². The summed E-state index contributed by atoms with van der Waals surface area (Å²) in [7, 11) is 0. The van der Waals surface area contributed by atoms with E-state index >= 15 is 0 Å². The van der Waals surface area contributed by atoms with E-state index in [2.05, 4.69) is 15.6 Å².